The van der Waals surface area contributed by atoms with E-state index in [0.717, 1.165) is 18.2 Å². The third kappa shape index (κ3) is 2.97. The minimum Gasteiger partial charge on any atom is -0.278 e. The maximum atomic E-state index is 13.5. The van der Waals surface area contributed by atoms with Gasteiger partial charge < -0.3 is 0 Å². The molecule has 21 heavy (non-hydrogen) atoms. The van der Waals surface area contributed by atoms with Crippen molar-refractivity contribution < 1.29 is 17.7 Å². The summed E-state index contributed by atoms with van der Waals surface area (Å²) in [6.45, 7) is 1.64. The summed E-state index contributed by atoms with van der Waals surface area (Å²) in [4.78, 5) is 12.8. The summed E-state index contributed by atoms with van der Waals surface area (Å²) in [5.41, 5.74) is -0.352. The number of aryl methyl sites for hydroxylation is 1. The van der Waals surface area contributed by atoms with E-state index < -0.39 is 31.3 Å². The average molecular weight is 311 g/mol. The number of sulfonamides is 1. The van der Waals surface area contributed by atoms with Crippen molar-refractivity contribution in [3.8, 4) is 0 Å². The number of nitrogens with one attached hydrogen (secondary N) is 1. The molecule has 0 radical (unpaired) electrons. The fraction of sp³-hybridized carbons (Fsp3) is 0.0833. The molecule has 1 N–H and O–H groups in total. The standard InChI is InChI=1S/C12H10FN3O4S/c1-8-5-6-14-7-10(8)15-21(19,20)11-4-2-3-9(13)12(11)16(17)18/h2-7,15H,1H3. The molecule has 0 spiro atoms. The first-order valence-electron chi connectivity index (χ1n) is 5.69. The van der Waals surface area contributed by atoms with Crippen molar-refractivity contribution in [1.82, 2.24) is 4.98 Å². The molecule has 0 aliphatic rings. The molecule has 0 saturated heterocycles. The lowest BCUT2D eigenvalue weighted by molar-refractivity contribution is -0.390. The number of nitrogens with zero attached hydrogens (tertiary/aromatic N) is 2. The summed E-state index contributed by atoms with van der Waals surface area (Å²) < 4.78 is 40.1. The van der Waals surface area contributed by atoms with Gasteiger partial charge in [-0.05, 0) is 30.7 Å². The molecule has 7 nitrogen and oxygen atoms in total. The molecular weight excluding hydrogens is 301 g/mol. The number of nitro benzene ring substituents is 1. The first-order chi connectivity index (χ1) is 9.83. The van der Waals surface area contributed by atoms with Crippen molar-refractivity contribution in [1.29, 1.82) is 0 Å². The lowest BCUT2D eigenvalue weighted by Crippen LogP contribution is -2.16. The van der Waals surface area contributed by atoms with Crippen LogP contribution in [-0.2, 0) is 10.0 Å². The van der Waals surface area contributed by atoms with Gasteiger partial charge >= 0.3 is 5.69 Å². The molecule has 2 rings (SSSR count). The normalized spacial score (nSPS) is 11.1. The Labute approximate surface area is 119 Å². The summed E-state index contributed by atoms with van der Waals surface area (Å²) in [5.74, 6) is -1.22. The fourth-order valence-corrected chi connectivity index (χ4v) is 2.96. The Hall–Kier alpha value is -2.55. The lowest BCUT2D eigenvalue weighted by atomic mass is 10.3. The van der Waals surface area contributed by atoms with Gasteiger partial charge in [0.15, 0.2) is 4.90 Å². The molecule has 0 unspecified atom stereocenters. The van der Waals surface area contributed by atoms with Gasteiger partial charge in [-0.1, -0.05) is 6.07 Å². The van der Waals surface area contributed by atoms with E-state index in [1.807, 2.05) is 0 Å². The number of anilines is 1. The van der Waals surface area contributed by atoms with Crippen LogP contribution in [0.2, 0.25) is 0 Å². The van der Waals surface area contributed by atoms with E-state index in [4.69, 9.17) is 0 Å². The topological polar surface area (TPSA) is 102 Å². The van der Waals surface area contributed by atoms with Crippen LogP contribution in [0.25, 0.3) is 0 Å². The summed E-state index contributed by atoms with van der Waals surface area (Å²) in [6, 6.07) is 4.45. The second-order valence-corrected chi connectivity index (χ2v) is 5.79. The van der Waals surface area contributed by atoms with E-state index >= 15 is 0 Å². The monoisotopic (exact) mass is 311 g/mol. The molecule has 2 aromatic rings. The van der Waals surface area contributed by atoms with Crippen molar-refractivity contribution in [3.63, 3.8) is 0 Å². The molecule has 0 fully saturated rings. The van der Waals surface area contributed by atoms with Crippen LogP contribution in [0, 0.1) is 22.9 Å². The number of aromatic nitrogens is 1. The SMILES string of the molecule is Cc1ccncc1NS(=O)(=O)c1cccc(F)c1[N+](=O)[O-]. The van der Waals surface area contributed by atoms with Gasteiger partial charge in [0.25, 0.3) is 10.0 Å². The van der Waals surface area contributed by atoms with Crippen LogP contribution in [-0.4, -0.2) is 18.3 Å². The Morgan fingerprint density at radius 1 is 1.33 bits per heavy atom. The van der Waals surface area contributed by atoms with Crippen LogP contribution < -0.4 is 4.72 Å². The van der Waals surface area contributed by atoms with Gasteiger partial charge in [-0.15, -0.1) is 0 Å². The zero-order valence-electron chi connectivity index (χ0n) is 10.8. The zero-order valence-corrected chi connectivity index (χ0v) is 11.6. The second-order valence-electron chi connectivity index (χ2n) is 4.14. The van der Waals surface area contributed by atoms with Gasteiger partial charge in [-0.25, -0.2) is 8.42 Å². The van der Waals surface area contributed by atoms with Gasteiger partial charge in [-0.2, -0.15) is 4.39 Å². The molecule has 1 aromatic heterocycles. The average Bonchev–Trinajstić information content (AvgIpc) is 2.40. The number of halogens is 1. The number of nitro groups is 1. The van der Waals surface area contributed by atoms with Crippen LogP contribution >= 0.6 is 0 Å². The number of para-hydroxylation sites is 1. The van der Waals surface area contributed by atoms with Gasteiger partial charge in [0.1, 0.15) is 0 Å². The third-order valence-electron chi connectivity index (χ3n) is 2.71. The zero-order chi connectivity index (χ0) is 15.6. The van der Waals surface area contributed by atoms with Crippen molar-refractivity contribution >= 4 is 21.4 Å². The highest BCUT2D eigenvalue weighted by Crippen LogP contribution is 2.28. The number of hydrogen-bond acceptors (Lipinski definition) is 5. The minimum atomic E-state index is -4.31. The van der Waals surface area contributed by atoms with E-state index in [0.29, 0.717) is 5.56 Å². The molecule has 0 amide bonds. The molecule has 0 aliphatic carbocycles. The Morgan fingerprint density at radius 3 is 2.67 bits per heavy atom. The Kier molecular flexibility index (Phi) is 3.85. The lowest BCUT2D eigenvalue weighted by Gasteiger charge is -2.10. The smallest absolute Gasteiger partial charge is 0.278 e. The number of benzene rings is 1. The first-order valence-corrected chi connectivity index (χ1v) is 7.17. The minimum absolute atomic E-state index is 0.163. The molecule has 110 valence electrons. The third-order valence-corrected chi connectivity index (χ3v) is 4.10. The van der Waals surface area contributed by atoms with Gasteiger partial charge in [0.2, 0.25) is 5.82 Å². The maximum Gasteiger partial charge on any atom is 0.325 e. The molecule has 1 heterocycles. The number of hydrogen-bond donors (Lipinski definition) is 1. The Morgan fingerprint density at radius 2 is 2.05 bits per heavy atom. The van der Waals surface area contributed by atoms with E-state index in [2.05, 4.69) is 9.71 Å². The van der Waals surface area contributed by atoms with Crippen LogP contribution in [0.1, 0.15) is 5.56 Å². The van der Waals surface area contributed by atoms with Crippen molar-refractivity contribution in [2.24, 2.45) is 0 Å². The Balaban J connectivity index is 2.53. The highest BCUT2D eigenvalue weighted by Gasteiger charge is 2.29. The maximum absolute atomic E-state index is 13.5. The van der Waals surface area contributed by atoms with E-state index in [9.17, 15) is 22.9 Å². The second kappa shape index (κ2) is 5.44. The predicted octanol–water partition coefficient (Wildman–Crippen LogP) is 2.24. The summed E-state index contributed by atoms with van der Waals surface area (Å²) in [6.07, 6.45) is 2.73. The van der Waals surface area contributed by atoms with Crippen LogP contribution in [0.5, 0.6) is 0 Å². The van der Waals surface area contributed by atoms with Crippen molar-refractivity contribution in [2.75, 3.05) is 4.72 Å². The summed E-state index contributed by atoms with van der Waals surface area (Å²) in [5, 5.41) is 10.9. The van der Waals surface area contributed by atoms with Crippen LogP contribution in [0.4, 0.5) is 15.8 Å². The fourth-order valence-electron chi connectivity index (χ4n) is 1.66. The Bertz CT molecular complexity index is 808. The van der Waals surface area contributed by atoms with E-state index in [1.165, 1.54) is 12.4 Å². The molecule has 0 aliphatic heterocycles. The predicted molar refractivity (Wildman–Crippen MR) is 72.8 cm³/mol. The van der Waals surface area contributed by atoms with Gasteiger partial charge in [-0.3, -0.25) is 19.8 Å². The molecule has 0 saturated carbocycles. The van der Waals surface area contributed by atoms with E-state index in [1.54, 1.807) is 13.0 Å². The van der Waals surface area contributed by atoms with Crippen LogP contribution in [0.15, 0.2) is 41.6 Å². The molecule has 0 bridgehead atoms. The first kappa shape index (κ1) is 14.9. The quantitative estimate of drug-likeness (QED) is 0.689. The van der Waals surface area contributed by atoms with Gasteiger partial charge in [0, 0.05) is 6.20 Å². The molecule has 1 aromatic carbocycles. The van der Waals surface area contributed by atoms with Crippen molar-refractivity contribution in [2.45, 2.75) is 11.8 Å². The van der Waals surface area contributed by atoms with Gasteiger partial charge in [0.05, 0.1) is 16.8 Å². The molecule has 0 atom stereocenters. The number of pyridine rings is 1. The summed E-state index contributed by atoms with van der Waals surface area (Å²) in [7, 11) is -4.31. The highest BCUT2D eigenvalue weighted by atomic mass is 32.2. The summed E-state index contributed by atoms with van der Waals surface area (Å²) >= 11 is 0. The molecule has 9 heteroatoms. The largest absolute Gasteiger partial charge is 0.325 e. The number of rotatable bonds is 4. The van der Waals surface area contributed by atoms with Crippen LogP contribution in [0.3, 0.4) is 0 Å². The highest BCUT2D eigenvalue weighted by molar-refractivity contribution is 7.92. The molecular formula is C12H10FN3O4S. The van der Waals surface area contributed by atoms with E-state index in [-0.39, 0.29) is 5.69 Å². The van der Waals surface area contributed by atoms with Crippen molar-refractivity contribution in [3.05, 3.63) is 58.2 Å².